The highest BCUT2D eigenvalue weighted by molar-refractivity contribution is 5.94. The van der Waals surface area contributed by atoms with Crippen LogP contribution in [-0.4, -0.2) is 40.4 Å². The molecule has 1 heterocycles. The lowest BCUT2D eigenvalue weighted by Crippen LogP contribution is -2.36. The largest absolute Gasteiger partial charge is 0.468 e. The van der Waals surface area contributed by atoms with E-state index in [2.05, 4.69) is 14.7 Å². The van der Waals surface area contributed by atoms with Crippen molar-refractivity contribution in [1.82, 2.24) is 14.9 Å². The van der Waals surface area contributed by atoms with Crippen LogP contribution < -0.4 is 0 Å². The third-order valence-electron chi connectivity index (χ3n) is 3.46. The molecule has 0 spiro atoms. The number of carbonyl (C=O) groups is 2. The maximum absolute atomic E-state index is 12.6. The minimum Gasteiger partial charge on any atom is -0.468 e. The third-order valence-corrected chi connectivity index (χ3v) is 3.46. The van der Waals surface area contributed by atoms with Crippen LogP contribution in [0.1, 0.15) is 27.3 Å². The van der Waals surface area contributed by atoms with Crippen molar-refractivity contribution in [3.63, 3.8) is 0 Å². The molecule has 23 heavy (non-hydrogen) atoms. The van der Waals surface area contributed by atoms with Crippen LogP contribution in [0.2, 0.25) is 0 Å². The summed E-state index contributed by atoms with van der Waals surface area (Å²) in [6.07, 6.45) is 2.94. The molecular weight excluding hydrogens is 294 g/mol. The molecule has 0 radical (unpaired) electrons. The van der Waals surface area contributed by atoms with Gasteiger partial charge in [-0.25, -0.2) is 4.98 Å². The topological polar surface area (TPSA) is 72.4 Å². The van der Waals surface area contributed by atoms with Crippen LogP contribution in [0.4, 0.5) is 0 Å². The van der Waals surface area contributed by atoms with E-state index in [4.69, 9.17) is 0 Å². The average molecular weight is 313 g/mol. The van der Waals surface area contributed by atoms with E-state index >= 15 is 0 Å². The summed E-state index contributed by atoms with van der Waals surface area (Å²) in [6, 6.07) is 7.71. The minimum atomic E-state index is -0.480. The number of methoxy groups -OCH3 is 1. The number of esters is 1. The van der Waals surface area contributed by atoms with Gasteiger partial charge in [-0.05, 0) is 25.0 Å². The molecule has 6 heteroatoms. The van der Waals surface area contributed by atoms with E-state index in [1.807, 2.05) is 31.2 Å². The van der Waals surface area contributed by atoms with Crippen LogP contribution >= 0.6 is 0 Å². The highest BCUT2D eigenvalue weighted by Crippen LogP contribution is 2.12. The molecule has 0 aliphatic carbocycles. The molecule has 0 saturated carbocycles. The number of hydrogen-bond donors (Lipinski definition) is 0. The molecule has 0 aliphatic rings. The Bertz CT molecular complexity index is 698. The van der Waals surface area contributed by atoms with Gasteiger partial charge in [0.2, 0.25) is 0 Å². The normalized spacial score (nSPS) is 10.2. The number of nitrogens with zero attached hydrogens (tertiary/aromatic N) is 3. The van der Waals surface area contributed by atoms with Crippen LogP contribution in [0.3, 0.4) is 0 Å². The molecule has 0 aliphatic heterocycles. The van der Waals surface area contributed by atoms with E-state index in [1.165, 1.54) is 24.4 Å². The first-order chi connectivity index (χ1) is 11.0. The molecule has 6 nitrogen and oxygen atoms in total. The molecular formula is C17H19N3O3. The number of ether oxygens (including phenoxy) is 1. The molecule has 0 fully saturated rings. The van der Waals surface area contributed by atoms with E-state index in [9.17, 15) is 9.59 Å². The van der Waals surface area contributed by atoms with Crippen molar-refractivity contribution in [3.8, 4) is 0 Å². The van der Waals surface area contributed by atoms with Gasteiger partial charge in [0.1, 0.15) is 12.2 Å². The standard InChI is InChI=1S/C17H19N3O3/c1-12-6-4-5-7-14(12)10-20(11-16(21)23-3)17(22)15-9-18-13(2)8-19-15/h4-9H,10-11H2,1-3H3. The summed E-state index contributed by atoms with van der Waals surface area (Å²) >= 11 is 0. The van der Waals surface area contributed by atoms with Crippen molar-refractivity contribution in [1.29, 1.82) is 0 Å². The van der Waals surface area contributed by atoms with Crippen LogP contribution in [0.5, 0.6) is 0 Å². The summed E-state index contributed by atoms with van der Waals surface area (Å²) in [5.74, 6) is -0.835. The lowest BCUT2D eigenvalue weighted by atomic mass is 10.1. The van der Waals surface area contributed by atoms with Gasteiger partial charge < -0.3 is 9.64 Å². The number of rotatable bonds is 5. The highest BCUT2D eigenvalue weighted by Gasteiger charge is 2.21. The summed E-state index contributed by atoms with van der Waals surface area (Å²) in [6.45, 7) is 3.91. The monoisotopic (exact) mass is 313 g/mol. The van der Waals surface area contributed by atoms with Gasteiger partial charge in [-0.3, -0.25) is 14.6 Å². The summed E-state index contributed by atoms with van der Waals surface area (Å²) in [7, 11) is 1.30. The quantitative estimate of drug-likeness (QED) is 0.788. The smallest absolute Gasteiger partial charge is 0.325 e. The molecule has 1 aromatic heterocycles. The van der Waals surface area contributed by atoms with Gasteiger partial charge in [0.15, 0.2) is 0 Å². The summed E-state index contributed by atoms with van der Waals surface area (Å²) in [5.41, 5.74) is 2.93. The van der Waals surface area contributed by atoms with Crippen LogP contribution in [0, 0.1) is 13.8 Å². The zero-order valence-electron chi connectivity index (χ0n) is 13.4. The Morgan fingerprint density at radius 3 is 2.48 bits per heavy atom. The van der Waals surface area contributed by atoms with E-state index in [0.717, 1.165) is 16.8 Å². The maximum Gasteiger partial charge on any atom is 0.325 e. The first kappa shape index (κ1) is 16.6. The first-order valence-corrected chi connectivity index (χ1v) is 7.20. The van der Waals surface area contributed by atoms with Crippen molar-refractivity contribution < 1.29 is 14.3 Å². The van der Waals surface area contributed by atoms with E-state index < -0.39 is 5.97 Å². The van der Waals surface area contributed by atoms with Gasteiger partial charge in [0, 0.05) is 12.7 Å². The lowest BCUT2D eigenvalue weighted by Gasteiger charge is -2.22. The van der Waals surface area contributed by atoms with Gasteiger partial charge in [0.05, 0.1) is 19.0 Å². The Morgan fingerprint density at radius 2 is 1.87 bits per heavy atom. The van der Waals surface area contributed by atoms with Gasteiger partial charge in [0.25, 0.3) is 5.91 Å². The molecule has 0 unspecified atom stereocenters. The number of carbonyl (C=O) groups excluding carboxylic acids is 2. The summed E-state index contributed by atoms with van der Waals surface area (Å²) < 4.78 is 4.68. The molecule has 1 amide bonds. The van der Waals surface area contributed by atoms with Gasteiger partial charge in [-0.2, -0.15) is 0 Å². The van der Waals surface area contributed by atoms with Crippen molar-refractivity contribution >= 4 is 11.9 Å². The van der Waals surface area contributed by atoms with Gasteiger partial charge in [-0.15, -0.1) is 0 Å². The first-order valence-electron chi connectivity index (χ1n) is 7.20. The zero-order valence-corrected chi connectivity index (χ0v) is 13.4. The highest BCUT2D eigenvalue weighted by atomic mass is 16.5. The van der Waals surface area contributed by atoms with Crippen LogP contribution in [0.15, 0.2) is 36.7 Å². The predicted octanol–water partition coefficient (Wildman–Crippen LogP) is 1.91. The Hall–Kier alpha value is -2.76. The molecule has 0 saturated heterocycles. The number of aromatic nitrogens is 2. The second-order valence-electron chi connectivity index (χ2n) is 5.21. The predicted molar refractivity (Wildman–Crippen MR) is 84.7 cm³/mol. The van der Waals surface area contributed by atoms with E-state index in [-0.39, 0.29) is 18.1 Å². The van der Waals surface area contributed by atoms with E-state index in [0.29, 0.717) is 6.54 Å². The fourth-order valence-electron chi connectivity index (χ4n) is 2.08. The average Bonchev–Trinajstić information content (AvgIpc) is 2.56. The number of hydrogen-bond acceptors (Lipinski definition) is 5. The molecule has 2 aromatic rings. The van der Waals surface area contributed by atoms with Gasteiger partial charge >= 0.3 is 5.97 Å². The second-order valence-corrected chi connectivity index (χ2v) is 5.21. The van der Waals surface area contributed by atoms with Gasteiger partial charge in [-0.1, -0.05) is 24.3 Å². The van der Waals surface area contributed by atoms with Crippen molar-refractivity contribution in [2.75, 3.05) is 13.7 Å². The van der Waals surface area contributed by atoms with Crippen molar-refractivity contribution in [2.24, 2.45) is 0 Å². The molecule has 2 rings (SSSR count). The van der Waals surface area contributed by atoms with Crippen molar-refractivity contribution in [2.45, 2.75) is 20.4 Å². The summed E-state index contributed by atoms with van der Waals surface area (Å²) in [4.78, 5) is 33.9. The molecule has 0 N–H and O–H groups in total. The Kier molecular flexibility index (Phi) is 5.41. The Balaban J connectivity index is 2.26. The number of amides is 1. The van der Waals surface area contributed by atoms with Crippen LogP contribution in [-0.2, 0) is 16.1 Å². The molecule has 120 valence electrons. The lowest BCUT2D eigenvalue weighted by molar-refractivity contribution is -0.141. The number of benzene rings is 1. The van der Waals surface area contributed by atoms with Crippen LogP contribution in [0.25, 0.3) is 0 Å². The summed E-state index contributed by atoms with van der Waals surface area (Å²) in [5, 5.41) is 0. The third kappa shape index (κ3) is 4.35. The molecule has 1 aromatic carbocycles. The second kappa shape index (κ2) is 7.49. The van der Waals surface area contributed by atoms with E-state index in [1.54, 1.807) is 6.92 Å². The molecule has 0 atom stereocenters. The Morgan fingerprint density at radius 1 is 1.13 bits per heavy atom. The SMILES string of the molecule is COC(=O)CN(Cc1ccccc1C)C(=O)c1cnc(C)cn1. The minimum absolute atomic E-state index is 0.140. The van der Waals surface area contributed by atoms with Crippen molar-refractivity contribution in [3.05, 3.63) is 59.2 Å². The molecule has 0 bridgehead atoms. The number of aryl methyl sites for hydroxylation is 2. The fraction of sp³-hybridized carbons (Fsp3) is 0.294. The fourth-order valence-corrected chi connectivity index (χ4v) is 2.08. The maximum atomic E-state index is 12.6. The Labute approximate surface area is 135 Å². The zero-order chi connectivity index (χ0) is 16.8.